The van der Waals surface area contributed by atoms with E-state index in [-0.39, 0.29) is 5.88 Å². The lowest BCUT2D eigenvalue weighted by Gasteiger charge is -1.86. The molecule has 0 amide bonds. The molecule has 0 aromatic heterocycles. The van der Waals surface area contributed by atoms with Gasteiger partial charge in [-0.15, -0.1) is 11.6 Å². The summed E-state index contributed by atoms with van der Waals surface area (Å²) in [6.45, 7) is 0. The molecule has 42 valence electrons. The van der Waals surface area contributed by atoms with Gasteiger partial charge in [-0.3, -0.25) is 0 Å². The minimum Gasteiger partial charge on any atom is -0.312 e. The van der Waals surface area contributed by atoms with Crippen molar-refractivity contribution in [1.29, 1.82) is 0 Å². The van der Waals surface area contributed by atoms with Gasteiger partial charge in [0.25, 0.3) is 0 Å². The molecular formula is C3H6Cl2N2. The highest BCUT2D eigenvalue weighted by Crippen LogP contribution is 1.85. The Kier molecular flexibility index (Phi) is 4.25. The Morgan fingerprint density at radius 1 is 1.86 bits per heavy atom. The van der Waals surface area contributed by atoms with E-state index in [2.05, 4.69) is 10.5 Å². The van der Waals surface area contributed by atoms with Crippen LogP contribution >= 0.6 is 23.2 Å². The maximum atomic E-state index is 5.32. The monoisotopic (exact) mass is 140 g/mol. The van der Waals surface area contributed by atoms with Crippen molar-refractivity contribution >= 4 is 28.4 Å². The second-order valence-electron chi connectivity index (χ2n) is 0.845. The van der Waals surface area contributed by atoms with E-state index in [0.29, 0.717) is 5.17 Å². The molecule has 0 unspecified atom stereocenters. The van der Waals surface area contributed by atoms with Gasteiger partial charge < -0.3 is 5.43 Å². The number of hydrogen-bond acceptors (Lipinski definition) is 2. The first-order chi connectivity index (χ1) is 3.31. The van der Waals surface area contributed by atoms with Crippen LogP contribution in [0.5, 0.6) is 0 Å². The lowest BCUT2D eigenvalue weighted by molar-refractivity contribution is 0.904. The molecule has 7 heavy (non-hydrogen) atoms. The van der Waals surface area contributed by atoms with Gasteiger partial charge in [-0.1, -0.05) is 11.6 Å². The largest absolute Gasteiger partial charge is 0.312 e. The van der Waals surface area contributed by atoms with Crippen LogP contribution in [0.15, 0.2) is 5.10 Å². The summed E-state index contributed by atoms with van der Waals surface area (Å²) < 4.78 is 0. The highest BCUT2D eigenvalue weighted by Gasteiger charge is 1.84. The third-order valence-electron chi connectivity index (χ3n) is 0.343. The molecule has 0 aromatic rings. The van der Waals surface area contributed by atoms with Crippen LogP contribution in [0.3, 0.4) is 0 Å². The molecule has 0 saturated heterocycles. The Labute approximate surface area is 52.5 Å². The van der Waals surface area contributed by atoms with Crippen molar-refractivity contribution in [2.45, 2.75) is 0 Å². The predicted octanol–water partition coefficient (Wildman–Crippen LogP) is 0.997. The highest BCUT2D eigenvalue weighted by molar-refractivity contribution is 6.69. The summed E-state index contributed by atoms with van der Waals surface area (Å²) in [5, 5.41) is 3.92. The van der Waals surface area contributed by atoms with Gasteiger partial charge in [-0.25, -0.2) is 0 Å². The first-order valence-corrected chi connectivity index (χ1v) is 2.67. The smallest absolute Gasteiger partial charge is 0.140 e. The molecule has 0 atom stereocenters. The predicted molar refractivity (Wildman–Crippen MR) is 33.1 cm³/mol. The zero-order valence-electron chi connectivity index (χ0n) is 3.91. The van der Waals surface area contributed by atoms with E-state index in [9.17, 15) is 0 Å². The summed E-state index contributed by atoms with van der Waals surface area (Å²) in [7, 11) is 1.66. The molecule has 0 radical (unpaired) electrons. The molecule has 0 spiro atoms. The molecule has 2 nitrogen and oxygen atoms in total. The van der Waals surface area contributed by atoms with Crippen molar-refractivity contribution in [3.8, 4) is 0 Å². The van der Waals surface area contributed by atoms with Gasteiger partial charge in [0.1, 0.15) is 5.17 Å². The maximum absolute atomic E-state index is 5.32. The van der Waals surface area contributed by atoms with Crippen LogP contribution in [-0.4, -0.2) is 18.1 Å². The van der Waals surface area contributed by atoms with E-state index in [1.54, 1.807) is 7.05 Å². The highest BCUT2D eigenvalue weighted by atomic mass is 35.5. The van der Waals surface area contributed by atoms with Crippen molar-refractivity contribution in [3.63, 3.8) is 0 Å². The zero-order valence-corrected chi connectivity index (χ0v) is 5.42. The number of rotatable bonds is 2. The van der Waals surface area contributed by atoms with Crippen molar-refractivity contribution in [1.82, 2.24) is 5.43 Å². The Morgan fingerprint density at radius 3 is 2.57 bits per heavy atom. The Morgan fingerprint density at radius 2 is 2.43 bits per heavy atom. The van der Waals surface area contributed by atoms with Gasteiger partial charge in [-0.05, 0) is 0 Å². The summed E-state index contributed by atoms with van der Waals surface area (Å²) in [5.41, 5.74) is 2.49. The first-order valence-electron chi connectivity index (χ1n) is 1.76. The molecule has 0 aliphatic rings. The summed E-state index contributed by atoms with van der Waals surface area (Å²) in [6, 6.07) is 0. The average Bonchev–Trinajstić information content (AvgIpc) is 1.68. The molecule has 0 saturated carbocycles. The second kappa shape index (κ2) is 4.22. The van der Waals surface area contributed by atoms with Gasteiger partial charge >= 0.3 is 0 Å². The molecule has 0 aliphatic heterocycles. The standard InChI is InChI=1S/C3H6Cl2N2/c1-6-7-3(5)2-4/h6H,2H2,1H3. The van der Waals surface area contributed by atoms with Crippen molar-refractivity contribution in [2.24, 2.45) is 5.10 Å². The number of hydrazone groups is 1. The number of alkyl halides is 1. The minimum atomic E-state index is 0.266. The van der Waals surface area contributed by atoms with Crippen LogP contribution in [0.1, 0.15) is 0 Å². The minimum absolute atomic E-state index is 0.266. The van der Waals surface area contributed by atoms with Crippen molar-refractivity contribution in [2.75, 3.05) is 12.9 Å². The molecular weight excluding hydrogens is 135 g/mol. The molecule has 0 bridgehead atoms. The maximum Gasteiger partial charge on any atom is 0.140 e. The topological polar surface area (TPSA) is 24.4 Å². The molecule has 0 rings (SSSR count). The SMILES string of the molecule is CNN=C(Cl)CCl. The second-order valence-corrected chi connectivity index (χ2v) is 1.55. The summed E-state index contributed by atoms with van der Waals surface area (Å²) in [5.74, 6) is 0.266. The van der Waals surface area contributed by atoms with Crippen LogP contribution < -0.4 is 5.43 Å². The van der Waals surface area contributed by atoms with Crippen LogP contribution in [0, 0.1) is 0 Å². The van der Waals surface area contributed by atoms with Crippen molar-refractivity contribution < 1.29 is 0 Å². The van der Waals surface area contributed by atoms with Gasteiger partial charge in [-0.2, -0.15) is 5.10 Å². The summed E-state index contributed by atoms with van der Waals surface area (Å²) >= 11 is 10.5. The van der Waals surface area contributed by atoms with Crippen LogP contribution in [0.4, 0.5) is 0 Å². The van der Waals surface area contributed by atoms with E-state index >= 15 is 0 Å². The average molecular weight is 141 g/mol. The molecule has 4 heteroatoms. The fourth-order valence-corrected chi connectivity index (χ4v) is 0.295. The van der Waals surface area contributed by atoms with Gasteiger partial charge in [0.15, 0.2) is 0 Å². The molecule has 1 N–H and O–H groups in total. The molecule has 0 aliphatic carbocycles. The number of halogens is 2. The Hall–Kier alpha value is 0.0500. The molecule has 0 heterocycles. The fraction of sp³-hybridized carbons (Fsp3) is 0.667. The van der Waals surface area contributed by atoms with Crippen LogP contribution in [-0.2, 0) is 0 Å². The Bertz CT molecular complexity index is 71.3. The van der Waals surface area contributed by atoms with Gasteiger partial charge in [0, 0.05) is 7.05 Å². The summed E-state index contributed by atoms with van der Waals surface area (Å²) in [6.07, 6.45) is 0. The van der Waals surface area contributed by atoms with Crippen LogP contribution in [0.2, 0.25) is 0 Å². The number of hydrogen-bond donors (Lipinski definition) is 1. The summed E-state index contributed by atoms with van der Waals surface area (Å²) in [4.78, 5) is 0. The Balaban J connectivity index is 3.29. The van der Waals surface area contributed by atoms with Gasteiger partial charge in [0.2, 0.25) is 0 Å². The normalized spacial score (nSPS) is 11.6. The van der Waals surface area contributed by atoms with Gasteiger partial charge in [0.05, 0.1) is 5.88 Å². The third kappa shape index (κ3) is 3.89. The van der Waals surface area contributed by atoms with E-state index < -0.39 is 0 Å². The zero-order chi connectivity index (χ0) is 5.70. The van der Waals surface area contributed by atoms with E-state index in [1.807, 2.05) is 0 Å². The number of nitrogens with one attached hydrogen (secondary N) is 1. The van der Waals surface area contributed by atoms with E-state index in [0.717, 1.165) is 0 Å². The number of nitrogens with zero attached hydrogens (tertiary/aromatic N) is 1. The third-order valence-corrected chi connectivity index (χ3v) is 0.951. The lowest BCUT2D eigenvalue weighted by Crippen LogP contribution is -1.99. The quantitative estimate of drug-likeness (QED) is 0.346. The first kappa shape index (κ1) is 7.05. The molecule has 0 aromatic carbocycles. The van der Waals surface area contributed by atoms with E-state index in [4.69, 9.17) is 23.2 Å². The fourth-order valence-electron chi connectivity index (χ4n) is 0.151. The van der Waals surface area contributed by atoms with Crippen molar-refractivity contribution in [3.05, 3.63) is 0 Å². The molecule has 0 fully saturated rings. The van der Waals surface area contributed by atoms with E-state index in [1.165, 1.54) is 0 Å². The lowest BCUT2D eigenvalue weighted by atomic mass is 10.9. The van der Waals surface area contributed by atoms with Crippen LogP contribution in [0.25, 0.3) is 0 Å².